The number of thiol groups is 1. The number of nitrogens with zero attached hydrogens (tertiary/aromatic N) is 2. The number of aliphatic hydroxyl groups is 2. The Hall–Kier alpha value is -12.5. The number of benzene rings is 2. The molecule has 0 aliphatic carbocycles. The Morgan fingerprint density at radius 3 is 1.24 bits per heavy atom. The lowest BCUT2D eigenvalue weighted by molar-refractivity contribution is -0.141. The maximum Gasteiger partial charge on any atom is 0.327 e. The number of carboxylic acid groups (broad SMARTS) is 1. The van der Waals surface area contributed by atoms with Crippen LogP contribution in [0, 0.1) is 16.7 Å². The number of fused-ring (bicyclic) bond motifs is 1. The average molecular weight is 1870 g/mol. The number of amides is 14. The highest BCUT2D eigenvalue weighted by Crippen LogP contribution is 2.21. The van der Waals surface area contributed by atoms with Crippen molar-refractivity contribution in [3.63, 3.8) is 0 Å². The van der Waals surface area contributed by atoms with E-state index in [-0.39, 0.29) is 121 Å². The number of unbranched alkanes of at least 4 members (excludes halogenated alkanes) is 2. The number of para-hydroxylation sites is 1. The fourth-order valence-corrected chi connectivity index (χ4v) is 14.4. The smallest absolute Gasteiger partial charge is 0.327 e. The second-order valence-corrected chi connectivity index (χ2v) is 33.1. The molecular weight excluding hydrogens is 1740 g/mol. The number of primary amides is 1. The number of carboxylic acids is 1. The van der Waals surface area contributed by atoms with E-state index in [1.807, 2.05) is 0 Å². The zero-order valence-electron chi connectivity index (χ0n) is 74.0. The summed E-state index contributed by atoms with van der Waals surface area (Å²) >= 11 is 5.46. The van der Waals surface area contributed by atoms with Crippen LogP contribution in [0.2, 0.25) is 0 Å². The van der Waals surface area contributed by atoms with Gasteiger partial charge in [-0.05, 0) is 139 Å². The monoisotopic (exact) mass is 1870 g/mol. The van der Waals surface area contributed by atoms with Crippen molar-refractivity contribution < 1.29 is 87.2 Å². The van der Waals surface area contributed by atoms with E-state index in [0.29, 0.717) is 52.7 Å². The van der Waals surface area contributed by atoms with E-state index in [1.165, 1.54) is 43.7 Å². The number of aromatic nitrogens is 5. The van der Waals surface area contributed by atoms with Crippen LogP contribution in [0.3, 0.4) is 0 Å². The van der Waals surface area contributed by atoms with E-state index in [1.54, 1.807) is 80.9 Å². The minimum absolute atomic E-state index is 0.00821. The first kappa shape index (κ1) is 109. The fraction of sp³-hybridized carbons (Fsp3) is 0.554. The zero-order valence-corrected chi connectivity index (χ0v) is 75.8. The molecule has 46 nitrogen and oxygen atoms in total. The highest BCUT2D eigenvalue weighted by molar-refractivity contribution is 7.98. The van der Waals surface area contributed by atoms with Gasteiger partial charge in [0.05, 0.1) is 30.9 Å². The van der Waals surface area contributed by atoms with Crippen molar-refractivity contribution in [3.8, 4) is 0 Å². The first-order chi connectivity index (χ1) is 62.4. The lowest BCUT2D eigenvalue weighted by Gasteiger charge is -2.30. The summed E-state index contributed by atoms with van der Waals surface area (Å²) in [6.45, 7) is 6.09. The average Bonchev–Trinajstić information content (AvgIpc) is 1.66. The summed E-state index contributed by atoms with van der Waals surface area (Å²) in [6.07, 6.45) is 4.49. The molecular formula is C83H130N28O18S2. The molecule has 0 radical (unpaired) electrons. The number of carbonyl (C=O) groups is 15. The standard InChI is InChI=1S/C83H130N28O18S2/c1-6-44(2)65(78(125)102-55(23-13-15-30-85)70(117)105-61(36-49-39-92-42-97-49)76(123)99-54(22-12-14-29-84)71(118)108-63(41-130)81(128)129)109-72(119)57(25-17-32-95-83(90)91)100-77(124)62(37-50-40-93-43-98-50)106-75(122)60(35-48-38-96-53-21-11-10-20-51(48)53)104-74(121)59(34-47-18-8-7-9-19-47)107-80(127)67(46(4)113)111-73(120)58(26-27-64(87)114)101-69(116)56(24-16-31-94-82(88)89)103-79(126)66(45(3)112)110-68(115)52(86)28-33-131-5/h7-11,18-21,38-40,42-46,52,54-63,65-67,96,112-113,130H,6,12-17,22-37,41,84-86H2,1-5H3,(H2,87,114)(H,92,97)(H,93,98)(H,99,123)(H,100,124)(H,101,116)(H,102,125)(H,103,126)(H,104,121)(H,105,117)(H,106,122)(H,107,127)(H,108,118)(H,109,119)(H,110,115)(H,111,120)(H,128,129)(H4,88,89,94)(H4,90,91,95)/t44-,45+,46+,52-,54-,55-,56-,57-,58-,59-,60-,61-,62-,63-,65-,66-,67-/m0/s1. The Morgan fingerprint density at radius 2 is 0.824 bits per heavy atom. The van der Waals surface area contributed by atoms with Crippen molar-refractivity contribution >= 4 is 136 Å². The minimum Gasteiger partial charge on any atom is -0.480 e. The molecule has 2 aromatic carbocycles. The maximum atomic E-state index is 15.6. The van der Waals surface area contributed by atoms with Crippen LogP contribution in [-0.4, -0.2) is 282 Å². The fourth-order valence-electron chi connectivity index (χ4n) is 13.6. The summed E-state index contributed by atoms with van der Waals surface area (Å²) in [4.78, 5) is 232. The van der Waals surface area contributed by atoms with Gasteiger partial charge in [0.25, 0.3) is 0 Å². The predicted molar refractivity (Wildman–Crippen MR) is 490 cm³/mol. The number of imidazole rings is 2. The van der Waals surface area contributed by atoms with Gasteiger partial charge < -0.3 is 144 Å². The summed E-state index contributed by atoms with van der Waals surface area (Å²) < 4.78 is 0. The number of aromatic amines is 3. The molecule has 48 heteroatoms. The van der Waals surface area contributed by atoms with Crippen LogP contribution in [0.25, 0.3) is 10.9 Å². The molecule has 0 aliphatic heterocycles. The Kier molecular flexibility index (Phi) is 47.9. The highest BCUT2D eigenvalue weighted by atomic mass is 32.2. The number of guanidine groups is 2. The molecule has 14 amide bonds. The van der Waals surface area contributed by atoms with E-state index < -0.39 is 216 Å². The molecule has 0 bridgehead atoms. The highest BCUT2D eigenvalue weighted by Gasteiger charge is 2.41. The largest absolute Gasteiger partial charge is 0.480 e. The summed E-state index contributed by atoms with van der Waals surface area (Å²) in [5.41, 5.74) is 36.5. The van der Waals surface area contributed by atoms with Crippen molar-refractivity contribution in [2.24, 2.45) is 40.3 Å². The Morgan fingerprint density at radius 1 is 0.450 bits per heavy atom. The molecule has 0 spiro atoms. The van der Waals surface area contributed by atoms with Crippen LogP contribution < -0.4 is 114 Å². The van der Waals surface area contributed by atoms with Crippen molar-refractivity contribution in [1.82, 2.24) is 105 Å². The van der Waals surface area contributed by atoms with Crippen LogP contribution in [0.1, 0.15) is 140 Å². The SMILES string of the molecule is CC[C@H](C)[C@H](NC(=O)[C@H](CCCNC(=N)N)NC(=O)[C@H](Cc1cnc[nH]1)NC(=O)[C@H](Cc1c[nH]c2ccccc12)NC(=O)[C@H](Cc1ccccc1)NC(=O)[C@@H](NC(=O)[C@H](CCC(N)=O)NC(=O)[C@H](CCCNC(=N)N)NC(=O)[C@@H](NC(=O)[C@@H](N)CCSC)[C@@H](C)O)[C@@H](C)O)C(=O)N[C@@H](CCCCN)C(=O)N[C@@H](Cc1cnc[nH]1)C(=O)N[C@@H](CCCCN)C(=O)N[C@@H](CS)C(=O)O. The number of thioether (sulfide) groups is 1. The Bertz CT molecular complexity index is 4550. The molecule has 5 rings (SSSR count). The normalized spacial score (nSPS) is 15.1. The van der Waals surface area contributed by atoms with E-state index in [0.717, 1.165) is 6.92 Å². The second-order valence-electron chi connectivity index (χ2n) is 31.7. The maximum absolute atomic E-state index is 15.6. The molecule has 0 unspecified atom stereocenters. The number of hydrogen-bond donors (Lipinski definition) is 30. The van der Waals surface area contributed by atoms with Crippen LogP contribution in [-0.2, 0) is 97.6 Å². The number of H-pyrrole nitrogens is 3. The molecule has 131 heavy (non-hydrogen) atoms. The van der Waals surface area contributed by atoms with E-state index in [4.69, 9.17) is 45.2 Å². The van der Waals surface area contributed by atoms with Gasteiger partial charge in [-0.3, -0.25) is 77.9 Å². The molecule has 0 saturated heterocycles. The van der Waals surface area contributed by atoms with Crippen LogP contribution in [0.4, 0.5) is 0 Å². The third-order valence-corrected chi connectivity index (χ3v) is 22.3. The lowest BCUT2D eigenvalue weighted by atomic mass is 9.96. The molecule has 5 aromatic rings. The second kappa shape index (κ2) is 57.5. The number of nitrogens with one attached hydrogen (secondary N) is 20. The number of aliphatic carboxylic acids is 1. The van der Waals surface area contributed by atoms with Crippen LogP contribution >= 0.6 is 24.4 Å². The van der Waals surface area contributed by atoms with Gasteiger partial charge in [0.15, 0.2) is 11.9 Å². The first-order valence-corrected chi connectivity index (χ1v) is 45.2. The molecule has 17 atom stereocenters. The van der Waals surface area contributed by atoms with Gasteiger partial charge in [0.2, 0.25) is 82.7 Å². The summed E-state index contributed by atoms with van der Waals surface area (Å²) in [7, 11) is 0. The van der Waals surface area contributed by atoms with Crippen molar-refractivity contribution in [1.29, 1.82) is 10.8 Å². The van der Waals surface area contributed by atoms with E-state index >= 15 is 19.2 Å². The van der Waals surface area contributed by atoms with Gasteiger partial charge in [0, 0.05) is 91.8 Å². The van der Waals surface area contributed by atoms with Crippen molar-refractivity contribution in [2.75, 3.05) is 43.9 Å². The Balaban J connectivity index is 1.50. The summed E-state index contributed by atoms with van der Waals surface area (Å²) in [5.74, 6) is -16.5. The molecule has 0 aliphatic rings. The number of aliphatic hydroxyl groups excluding tert-OH is 2. The quantitative estimate of drug-likeness (QED) is 0.00746. The number of rotatable bonds is 62. The molecule has 3 aromatic heterocycles. The third-order valence-electron chi connectivity index (χ3n) is 21.3. The molecule has 0 fully saturated rings. The van der Waals surface area contributed by atoms with Gasteiger partial charge in [-0.1, -0.05) is 68.8 Å². The number of hydrogen-bond acceptors (Lipinski definition) is 26. The number of nitrogens with two attached hydrogens (primary N) is 6. The summed E-state index contributed by atoms with van der Waals surface area (Å²) in [6, 6.07) is -6.62. The first-order valence-electron chi connectivity index (χ1n) is 43.2. The van der Waals surface area contributed by atoms with Gasteiger partial charge in [-0.2, -0.15) is 24.4 Å². The van der Waals surface area contributed by atoms with E-state index in [2.05, 4.69) is 117 Å². The molecule has 3 heterocycles. The van der Waals surface area contributed by atoms with Crippen molar-refractivity contribution in [2.45, 2.75) is 240 Å². The van der Waals surface area contributed by atoms with Gasteiger partial charge in [0.1, 0.15) is 78.5 Å². The third kappa shape index (κ3) is 38.2. The van der Waals surface area contributed by atoms with Crippen LogP contribution in [0.15, 0.2) is 85.8 Å². The van der Waals surface area contributed by atoms with Gasteiger partial charge in [-0.15, -0.1) is 0 Å². The van der Waals surface area contributed by atoms with E-state index in [9.17, 15) is 68.1 Å². The zero-order chi connectivity index (χ0) is 96.8. The Labute approximate surface area is 767 Å². The summed E-state index contributed by atoms with van der Waals surface area (Å²) in [5, 5.41) is 86.9. The van der Waals surface area contributed by atoms with Gasteiger partial charge >= 0.3 is 5.97 Å². The molecule has 35 N–H and O–H groups in total. The van der Waals surface area contributed by atoms with Crippen LogP contribution in [0.5, 0.6) is 0 Å². The minimum atomic E-state index is -1.98. The molecule has 722 valence electrons. The predicted octanol–water partition coefficient (Wildman–Crippen LogP) is -5.86. The lowest BCUT2D eigenvalue weighted by Crippen LogP contribution is -2.63. The van der Waals surface area contributed by atoms with Gasteiger partial charge in [-0.25, -0.2) is 14.8 Å². The van der Waals surface area contributed by atoms with Crippen molar-refractivity contribution in [3.05, 3.63) is 108 Å². The topological polar surface area (TPSA) is 774 Å². The number of carbonyl (C=O) groups excluding carboxylic acids is 14. The molecule has 0 saturated carbocycles.